The molecule has 3 aromatic heterocycles. The van der Waals surface area contributed by atoms with Gasteiger partial charge in [-0.25, -0.2) is 9.97 Å². The van der Waals surface area contributed by atoms with Gasteiger partial charge in [-0.1, -0.05) is 0 Å². The molecule has 0 radical (unpaired) electrons. The van der Waals surface area contributed by atoms with Crippen molar-refractivity contribution >= 4 is 22.8 Å². The van der Waals surface area contributed by atoms with E-state index in [0.717, 1.165) is 48.5 Å². The standard InChI is InChI=1S/C20H24N6O/c1-13-11-14(2)22-19-16(13)6-7-18(24-19)26-10-4-5-15(12-26)23-20(27)17-8-9-21-25(17)3/h6-9,11,15H,4-5,10,12H2,1-3H3,(H,23,27). The Kier molecular flexibility index (Phi) is 4.51. The van der Waals surface area contributed by atoms with E-state index in [4.69, 9.17) is 4.98 Å². The summed E-state index contributed by atoms with van der Waals surface area (Å²) < 4.78 is 1.59. The molecule has 0 saturated carbocycles. The number of aromatic nitrogens is 4. The van der Waals surface area contributed by atoms with E-state index in [9.17, 15) is 4.79 Å². The van der Waals surface area contributed by atoms with E-state index < -0.39 is 0 Å². The van der Waals surface area contributed by atoms with Gasteiger partial charge in [0, 0.05) is 43.5 Å². The van der Waals surface area contributed by atoms with Crippen molar-refractivity contribution in [3.63, 3.8) is 0 Å². The van der Waals surface area contributed by atoms with Crippen molar-refractivity contribution < 1.29 is 4.79 Å². The summed E-state index contributed by atoms with van der Waals surface area (Å²) in [4.78, 5) is 24.1. The van der Waals surface area contributed by atoms with Crippen molar-refractivity contribution in [1.29, 1.82) is 0 Å². The molecule has 1 unspecified atom stereocenters. The molecular weight excluding hydrogens is 340 g/mol. The maximum atomic E-state index is 12.5. The Balaban J connectivity index is 1.52. The van der Waals surface area contributed by atoms with Gasteiger partial charge < -0.3 is 10.2 Å². The number of aryl methyl sites for hydroxylation is 3. The lowest BCUT2D eigenvalue weighted by molar-refractivity contribution is 0.0923. The van der Waals surface area contributed by atoms with Gasteiger partial charge in [-0.2, -0.15) is 5.10 Å². The average Bonchev–Trinajstić information content (AvgIpc) is 3.07. The Hall–Kier alpha value is -2.96. The van der Waals surface area contributed by atoms with Crippen molar-refractivity contribution in [1.82, 2.24) is 25.1 Å². The van der Waals surface area contributed by atoms with Crippen LogP contribution >= 0.6 is 0 Å². The maximum absolute atomic E-state index is 12.5. The van der Waals surface area contributed by atoms with E-state index in [2.05, 4.69) is 45.4 Å². The van der Waals surface area contributed by atoms with Gasteiger partial charge in [0.1, 0.15) is 11.5 Å². The number of carbonyl (C=O) groups is 1. The van der Waals surface area contributed by atoms with Crippen LogP contribution in [0.25, 0.3) is 11.0 Å². The van der Waals surface area contributed by atoms with Gasteiger partial charge in [0.25, 0.3) is 5.91 Å². The Bertz CT molecular complexity index is 995. The first kappa shape index (κ1) is 17.5. The first-order valence-electron chi connectivity index (χ1n) is 9.30. The maximum Gasteiger partial charge on any atom is 0.269 e. The number of nitrogens with zero attached hydrogens (tertiary/aromatic N) is 5. The highest BCUT2D eigenvalue weighted by Crippen LogP contribution is 2.23. The summed E-state index contributed by atoms with van der Waals surface area (Å²) in [6.07, 6.45) is 3.61. The minimum Gasteiger partial charge on any atom is -0.354 e. The highest BCUT2D eigenvalue weighted by molar-refractivity contribution is 5.92. The largest absolute Gasteiger partial charge is 0.354 e. The van der Waals surface area contributed by atoms with Crippen LogP contribution in [0.1, 0.15) is 34.6 Å². The predicted octanol–water partition coefficient (Wildman–Crippen LogP) is 2.38. The molecule has 140 valence electrons. The molecule has 1 aliphatic rings. The topological polar surface area (TPSA) is 75.9 Å². The molecule has 0 aromatic carbocycles. The summed E-state index contributed by atoms with van der Waals surface area (Å²) in [5, 5.41) is 8.28. The van der Waals surface area contributed by atoms with Crippen LogP contribution in [-0.2, 0) is 7.05 Å². The molecule has 1 amide bonds. The third-order valence-electron chi connectivity index (χ3n) is 5.13. The van der Waals surface area contributed by atoms with Gasteiger partial charge in [-0.05, 0) is 56.5 Å². The third kappa shape index (κ3) is 3.49. The molecule has 1 N–H and O–H groups in total. The summed E-state index contributed by atoms with van der Waals surface area (Å²) in [5.74, 6) is 0.834. The second-order valence-electron chi connectivity index (χ2n) is 7.22. The predicted molar refractivity (Wildman–Crippen MR) is 105 cm³/mol. The molecule has 1 fully saturated rings. The van der Waals surface area contributed by atoms with Crippen molar-refractivity contribution in [3.05, 3.63) is 47.4 Å². The van der Waals surface area contributed by atoms with Gasteiger partial charge in [-0.15, -0.1) is 0 Å². The monoisotopic (exact) mass is 364 g/mol. The lowest BCUT2D eigenvalue weighted by atomic mass is 10.1. The molecule has 7 heteroatoms. The molecule has 3 aromatic rings. The number of carbonyl (C=O) groups excluding carboxylic acids is 1. The fourth-order valence-electron chi connectivity index (χ4n) is 3.76. The molecule has 4 heterocycles. The van der Waals surface area contributed by atoms with Crippen molar-refractivity contribution in [2.24, 2.45) is 7.05 Å². The Morgan fingerprint density at radius 1 is 1.22 bits per heavy atom. The zero-order valence-electron chi connectivity index (χ0n) is 15.9. The van der Waals surface area contributed by atoms with Crippen molar-refractivity contribution in [3.8, 4) is 0 Å². The van der Waals surface area contributed by atoms with E-state index in [-0.39, 0.29) is 11.9 Å². The van der Waals surface area contributed by atoms with Gasteiger partial charge in [0.2, 0.25) is 0 Å². The molecule has 1 aliphatic heterocycles. The number of piperidine rings is 1. The molecule has 1 atom stereocenters. The van der Waals surface area contributed by atoms with Crippen LogP contribution in [-0.4, -0.2) is 44.8 Å². The number of nitrogens with one attached hydrogen (secondary N) is 1. The lowest BCUT2D eigenvalue weighted by Gasteiger charge is -2.34. The van der Waals surface area contributed by atoms with Crippen LogP contribution in [0.15, 0.2) is 30.5 Å². The van der Waals surface area contributed by atoms with E-state index in [0.29, 0.717) is 5.69 Å². The van der Waals surface area contributed by atoms with Gasteiger partial charge in [0.05, 0.1) is 0 Å². The number of pyridine rings is 2. The smallest absolute Gasteiger partial charge is 0.269 e. The van der Waals surface area contributed by atoms with E-state index in [1.807, 2.05) is 6.92 Å². The minimum absolute atomic E-state index is 0.0822. The van der Waals surface area contributed by atoms with E-state index in [1.165, 1.54) is 5.56 Å². The number of rotatable bonds is 3. The molecule has 0 spiro atoms. The van der Waals surface area contributed by atoms with Crippen molar-refractivity contribution in [2.75, 3.05) is 18.0 Å². The van der Waals surface area contributed by atoms with Crippen LogP contribution in [0.3, 0.4) is 0 Å². The highest BCUT2D eigenvalue weighted by atomic mass is 16.2. The summed E-state index contributed by atoms with van der Waals surface area (Å²) in [7, 11) is 1.78. The Morgan fingerprint density at radius 3 is 2.85 bits per heavy atom. The van der Waals surface area contributed by atoms with E-state index >= 15 is 0 Å². The van der Waals surface area contributed by atoms with Crippen molar-refractivity contribution in [2.45, 2.75) is 32.7 Å². The average molecular weight is 364 g/mol. The molecule has 7 nitrogen and oxygen atoms in total. The third-order valence-corrected chi connectivity index (χ3v) is 5.13. The first-order chi connectivity index (χ1) is 13.0. The molecule has 1 saturated heterocycles. The number of hydrogen-bond acceptors (Lipinski definition) is 5. The minimum atomic E-state index is -0.0822. The van der Waals surface area contributed by atoms with Gasteiger partial charge in [0.15, 0.2) is 5.65 Å². The number of fused-ring (bicyclic) bond motifs is 1. The normalized spacial score (nSPS) is 17.3. The summed E-state index contributed by atoms with van der Waals surface area (Å²) in [6, 6.07) is 8.05. The number of amides is 1. The van der Waals surface area contributed by atoms with Crippen LogP contribution in [0.4, 0.5) is 5.82 Å². The summed E-state index contributed by atoms with van der Waals surface area (Å²) in [6.45, 7) is 5.75. The first-order valence-corrected chi connectivity index (χ1v) is 9.30. The summed E-state index contributed by atoms with van der Waals surface area (Å²) >= 11 is 0. The second-order valence-corrected chi connectivity index (χ2v) is 7.22. The fourth-order valence-corrected chi connectivity index (χ4v) is 3.76. The molecule has 4 rings (SSSR count). The SMILES string of the molecule is Cc1cc(C)c2ccc(N3CCCC(NC(=O)c4ccnn4C)C3)nc2n1. The molecule has 27 heavy (non-hydrogen) atoms. The quantitative estimate of drug-likeness (QED) is 0.772. The zero-order chi connectivity index (χ0) is 19.0. The lowest BCUT2D eigenvalue weighted by Crippen LogP contribution is -2.48. The highest BCUT2D eigenvalue weighted by Gasteiger charge is 2.24. The van der Waals surface area contributed by atoms with Crippen LogP contribution in [0, 0.1) is 13.8 Å². The van der Waals surface area contributed by atoms with Crippen LogP contribution in [0.2, 0.25) is 0 Å². The fraction of sp³-hybridized carbons (Fsp3) is 0.400. The Labute approximate surface area is 158 Å². The molecule has 0 aliphatic carbocycles. The van der Waals surface area contributed by atoms with Gasteiger partial charge in [-0.3, -0.25) is 9.48 Å². The van der Waals surface area contributed by atoms with Gasteiger partial charge >= 0.3 is 0 Å². The molecular formula is C20H24N6O. The molecule has 0 bridgehead atoms. The summed E-state index contributed by atoms with van der Waals surface area (Å²) in [5.41, 5.74) is 3.53. The van der Waals surface area contributed by atoms with Crippen LogP contribution in [0.5, 0.6) is 0 Å². The number of anilines is 1. The van der Waals surface area contributed by atoms with E-state index in [1.54, 1.807) is 24.0 Å². The number of hydrogen-bond donors (Lipinski definition) is 1. The van der Waals surface area contributed by atoms with Crippen LogP contribution < -0.4 is 10.2 Å². The Morgan fingerprint density at radius 2 is 2.07 bits per heavy atom. The second kappa shape index (κ2) is 6.98. The zero-order valence-corrected chi connectivity index (χ0v) is 15.9.